The summed E-state index contributed by atoms with van der Waals surface area (Å²) in [7, 11) is 1.57. The lowest BCUT2D eigenvalue weighted by molar-refractivity contribution is 0.102. The van der Waals surface area contributed by atoms with Crippen LogP contribution in [-0.2, 0) is 0 Å². The summed E-state index contributed by atoms with van der Waals surface area (Å²) in [5, 5.41) is 6.15. The van der Waals surface area contributed by atoms with Gasteiger partial charge in [0.2, 0.25) is 0 Å². The molecule has 0 saturated carbocycles. The summed E-state index contributed by atoms with van der Waals surface area (Å²) in [5.74, 6) is 1.53. The molecule has 120 valence electrons. The molecule has 1 saturated heterocycles. The van der Waals surface area contributed by atoms with Gasteiger partial charge in [0.05, 0.1) is 24.1 Å². The van der Waals surface area contributed by atoms with Crippen molar-refractivity contribution in [2.45, 2.75) is 19.3 Å². The summed E-state index contributed by atoms with van der Waals surface area (Å²) in [6.07, 6.45) is 2.65. The van der Waals surface area contributed by atoms with Crippen LogP contribution < -0.4 is 15.4 Å². The molecular weight excluding hydrogens is 292 g/mol. The van der Waals surface area contributed by atoms with Crippen LogP contribution in [0.15, 0.2) is 30.5 Å². The first-order chi connectivity index (χ1) is 11.2. The minimum atomic E-state index is -0.233. The van der Waals surface area contributed by atoms with Crippen molar-refractivity contribution < 1.29 is 9.53 Å². The number of hydrogen-bond donors (Lipinski definition) is 2. The Bertz CT molecular complexity index is 711. The number of methoxy groups -OCH3 is 1. The molecule has 1 fully saturated rings. The molecule has 23 heavy (non-hydrogen) atoms. The number of nitrogens with one attached hydrogen (secondary N) is 2. The highest BCUT2D eigenvalue weighted by Crippen LogP contribution is 2.24. The molecule has 0 spiro atoms. The third kappa shape index (κ3) is 3.32. The first kappa shape index (κ1) is 15.4. The molecule has 1 atom stereocenters. The van der Waals surface area contributed by atoms with Crippen molar-refractivity contribution in [3.63, 3.8) is 0 Å². The number of rotatable bonds is 4. The molecule has 2 aromatic rings. The molecule has 1 aromatic heterocycles. The highest BCUT2D eigenvalue weighted by atomic mass is 16.5. The van der Waals surface area contributed by atoms with Crippen molar-refractivity contribution in [2.75, 3.05) is 25.5 Å². The fourth-order valence-electron chi connectivity index (χ4n) is 2.72. The second-order valence-electron chi connectivity index (χ2n) is 5.57. The molecule has 6 heteroatoms. The van der Waals surface area contributed by atoms with Crippen LogP contribution >= 0.6 is 0 Å². The van der Waals surface area contributed by atoms with Crippen LogP contribution in [-0.4, -0.2) is 36.1 Å². The Balaban J connectivity index is 1.79. The molecule has 0 radical (unpaired) electrons. The van der Waals surface area contributed by atoms with Crippen LogP contribution in [0, 0.1) is 6.92 Å². The van der Waals surface area contributed by atoms with Gasteiger partial charge in [0.15, 0.2) is 0 Å². The van der Waals surface area contributed by atoms with Gasteiger partial charge in [-0.05, 0) is 32.0 Å². The van der Waals surface area contributed by atoms with E-state index in [1.165, 1.54) is 0 Å². The van der Waals surface area contributed by atoms with Gasteiger partial charge in [0.25, 0.3) is 5.91 Å². The third-order valence-corrected chi connectivity index (χ3v) is 4.02. The van der Waals surface area contributed by atoms with E-state index >= 15 is 0 Å². The van der Waals surface area contributed by atoms with E-state index in [1.807, 2.05) is 19.1 Å². The number of carbonyl (C=O) groups is 1. The highest BCUT2D eigenvalue weighted by Gasteiger charge is 2.21. The molecule has 0 aliphatic carbocycles. The van der Waals surface area contributed by atoms with Gasteiger partial charge < -0.3 is 15.4 Å². The summed E-state index contributed by atoms with van der Waals surface area (Å²) < 4.78 is 5.25. The second-order valence-corrected chi connectivity index (χ2v) is 5.57. The van der Waals surface area contributed by atoms with Crippen LogP contribution in [0.2, 0.25) is 0 Å². The molecule has 1 amide bonds. The number of carbonyl (C=O) groups excluding carboxylic acids is 1. The molecule has 1 aliphatic heterocycles. The number of ether oxygens (including phenoxy) is 1. The van der Waals surface area contributed by atoms with E-state index in [9.17, 15) is 4.79 Å². The zero-order chi connectivity index (χ0) is 16.2. The fraction of sp³-hybridized carbons (Fsp3) is 0.353. The Morgan fingerprint density at radius 1 is 1.39 bits per heavy atom. The molecule has 3 rings (SSSR count). The maximum absolute atomic E-state index is 12.5. The van der Waals surface area contributed by atoms with E-state index in [4.69, 9.17) is 4.74 Å². The second kappa shape index (κ2) is 6.75. The standard InChI is InChI=1S/C17H20N4O2/c1-11-13(10-19-16(20-11)12-7-8-18-9-12)17(22)21-14-5-3-4-6-15(14)23-2/h3-6,10,12,18H,7-9H2,1-2H3,(H,21,22)/t12-/m0/s1. The number of anilines is 1. The molecule has 1 aromatic carbocycles. The van der Waals surface area contributed by atoms with Crippen molar-refractivity contribution in [1.82, 2.24) is 15.3 Å². The van der Waals surface area contributed by atoms with E-state index in [0.717, 1.165) is 25.3 Å². The maximum Gasteiger partial charge on any atom is 0.259 e. The van der Waals surface area contributed by atoms with Gasteiger partial charge in [-0.3, -0.25) is 4.79 Å². The van der Waals surface area contributed by atoms with Gasteiger partial charge in [-0.15, -0.1) is 0 Å². The minimum absolute atomic E-state index is 0.233. The highest BCUT2D eigenvalue weighted by molar-refractivity contribution is 6.05. The molecule has 2 N–H and O–H groups in total. The van der Waals surface area contributed by atoms with Crippen molar-refractivity contribution in [3.8, 4) is 5.75 Å². The van der Waals surface area contributed by atoms with Crippen molar-refractivity contribution in [3.05, 3.63) is 47.5 Å². The SMILES string of the molecule is COc1ccccc1NC(=O)c1cnc([C@H]2CCNC2)nc1C. The smallest absolute Gasteiger partial charge is 0.259 e. The van der Waals surface area contributed by atoms with E-state index < -0.39 is 0 Å². The lowest BCUT2D eigenvalue weighted by atomic mass is 10.1. The van der Waals surface area contributed by atoms with E-state index in [-0.39, 0.29) is 5.91 Å². The van der Waals surface area contributed by atoms with Crippen molar-refractivity contribution in [2.24, 2.45) is 0 Å². The Morgan fingerprint density at radius 3 is 2.91 bits per heavy atom. The average molecular weight is 312 g/mol. The largest absolute Gasteiger partial charge is 0.495 e. The van der Waals surface area contributed by atoms with Gasteiger partial charge in [-0.1, -0.05) is 12.1 Å². The number of aromatic nitrogens is 2. The van der Waals surface area contributed by atoms with Crippen molar-refractivity contribution in [1.29, 1.82) is 0 Å². The quantitative estimate of drug-likeness (QED) is 0.904. The van der Waals surface area contributed by atoms with Gasteiger partial charge in [0.1, 0.15) is 11.6 Å². The summed E-state index contributed by atoms with van der Waals surface area (Å²) >= 11 is 0. The van der Waals surface area contributed by atoms with Gasteiger partial charge >= 0.3 is 0 Å². The van der Waals surface area contributed by atoms with Crippen LogP contribution in [0.3, 0.4) is 0 Å². The Morgan fingerprint density at radius 2 is 2.22 bits per heavy atom. The van der Waals surface area contributed by atoms with Gasteiger partial charge in [0, 0.05) is 18.7 Å². The monoisotopic (exact) mass is 312 g/mol. The fourth-order valence-corrected chi connectivity index (χ4v) is 2.72. The van der Waals surface area contributed by atoms with E-state index in [0.29, 0.717) is 28.6 Å². The molecule has 2 heterocycles. The maximum atomic E-state index is 12.5. The number of nitrogens with zero attached hydrogens (tertiary/aromatic N) is 2. The van der Waals surface area contributed by atoms with Crippen LogP contribution in [0.25, 0.3) is 0 Å². The average Bonchev–Trinajstić information content (AvgIpc) is 3.09. The number of hydrogen-bond acceptors (Lipinski definition) is 5. The zero-order valence-corrected chi connectivity index (χ0v) is 13.3. The van der Waals surface area contributed by atoms with Gasteiger partial charge in [-0.2, -0.15) is 0 Å². The molecular formula is C17H20N4O2. The van der Waals surface area contributed by atoms with Crippen LogP contribution in [0.4, 0.5) is 5.69 Å². The van der Waals surface area contributed by atoms with Gasteiger partial charge in [-0.25, -0.2) is 9.97 Å². The van der Waals surface area contributed by atoms with Crippen LogP contribution in [0.1, 0.15) is 34.2 Å². The molecule has 6 nitrogen and oxygen atoms in total. The zero-order valence-electron chi connectivity index (χ0n) is 13.3. The predicted octanol–water partition coefficient (Wildman–Crippen LogP) is 2.12. The summed E-state index contributed by atoms with van der Waals surface area (Å²) in [6.45, 7) is 3.72. The molecule has 0 unspecified atom stereocenters. The predicted molar refractivity (Wildman–Crippen MR) is 87.9 cm³/mol. The normalized spacial score (nSPS) is 17.0. The minimum Gasteiger partial charge on any atom is -0.495 e. The molecule has 0 bridgehead atoms. The molecule has 1 aliphatic rings. The summed E-state index contributed by atoms with van der Waals surface area (Å²) in [4.78, 5) is 21.4. The first-order valence-corrected chi connectivity index (χ1v) is 7.67. The number of benzene rings is 1. The van der Waals surface area contributed by atoms with Crippen LogP contribution in [0.5, 0.6) is 5.75 Å². The Hall–Kier alpha value is -2.47. The number of aryl methyl sites for hydroxylation is 1. The first-order valence-electron chi connectivity index (χ1n) is 7.67. The lowest BCUT2D eigenvalue weighted by Crippen LogP contribution is -2.17. The van der Waals surface area contributed by atoms with E-state index in [2.05, 4.69) is 20.6 Å². The summed E-state index contributed by atoms with van der Waals surface area (Å²) in [5.41, 5.74) is 1.79. The lowest BCUT2D eigenvalue weighted by Gasteiger charge is -2.12. The Kier molecular flexibility index (Phi) is 4.52. The topological polar surface area (TPSA) is 76.1 Å². The van der Waals surface area contributed by atoms with Crippen molar-refractivity contribution >= 4 is 11.6 Å². The Labute approximate surface area is 135 Å². The number of para-hydroxylation sites is 2. The third-order valence-electron chi connectivity index (χ3n) is 4.02. The summed E-state index contributed by atoms with van der Waals surface area (Å²) in [6, 6.07) is 7.30. The number of amides is 1. The van der Waals surface area contributed by atoms with E-state index in [1.54, 1.807) is 25.4 Å².